The summed E-state index contributed by atoms with van der Waals surface area (Å²) < 4.78 is 0. The SMILES string of the molecule is C[C@H](CC[C@H](O)[C@@H](C)CO)[C@H]1CC[C@H]2[C@@H]3CC=C4C[C@@H](O)CC[C@]4(C)[C@H]3CC[C@]12C. The number of allylic oxidation sites excluding steroid dienone is 1. The maximum Gasteiger partial charge on any atom is 0.0587 e. The average molecular weight is 419 g/mol. The van der Waals surface area contributed by atoms with Crippen LogP contribution in [0, 0.1) is 46.3 Å². The number of rotatable bonds is 6. The van der Waals surface area contributed by atoms with E-state index in [1.807, 2.05) is 6.92 Å². The van der Waals surface area contributed by atoms with Crippen LogP contribution in [-0.4, -0.2) is 34.1 Å². The van der Waals surface area contributed by atoms with E-state index in [0.29, 0.717) is 16.7 Å². The van der Waals surface area contributed by atoms with Gasteiger partial charge in [-0.2, -0.15) is 0 Å². The molecule has 0 amide bonds. The van der Waals surface area contributed by atoms with E-state index in [0.717, 1.165) is 49.4 Å². The number of fused-ring (bicyclic) bond motifs is 5. The molecule has 3 nitrogen and oxygen atoms in total. The molecular weight excluding hydrogens is 372 g/mol. The van der Waals surface area contributed by atoms with Gasteiger partial charge in [0.15, 0.2) is 0 Å². The van der Waals surface area contributed by atoms with Crippen molar-refractivity contribution >= 4 is 0 Å². The van der Waals surface area contributed by atoms with Crippen LogP contribution in [0.15, 0.2) is 11.6 Å². The van der Waals surface area contributed by atoms with Gasteiger partial charge in [-0.15, -0.1) is 0 Å². The summed E-state index contributed by atoms with van der Waals surface area (Å²) in [6, 6.07) is 0. The molecule has 4 aliphatic carbocycles. The summed E-state index contributed by atoms with van der Waals surface area (Å²) in [5, 5.41) is 29.9. The molecular formula is C27H46O3. The molecule has 0 unspecified atom stereocenters. The van der Waals surface area contributed by atoms with Crippen LogP contribution >= 0.6 is 0 Å². The van der Waals surface area contributed by atoms with E-state index in [1.165, 1.54) is 38.5 Å². The first kappa shape index (κ1) is 22.8. The van der Waals surface area contributed by atoms with Gasteiger partial charge >= 0.3 is 0 Å². The zero-order chi connectivity index (χ0) is 21.7. The van der Waals surface area contributed by atoms with E-state index in [4.69, 9.17) is 0 Å². The van der Waals surface area contributed by atoms with E-state index in [2.05, 4.69) is 26.8 Å². The number of hydrogen-bond donors (Lipinski definition) is 3. The van der Waals surface area contributed by atoms with Crippen molar-refractivity contribution in [3.8, 4) is 0 Å². The zero-order valence-corrected chi connectivity index (χ0v) is 19.8. The van der Waals surface area contributed by atoms with E-state index >= 15 is 0 Å². The lowest BCUT2D eigenvalue weighted by molar-refractivity contribution is -0.0581. The Morgan fingerprint density at radius 1 is 1.03 bits per heavy atom. The van der Waals surface area contributed by atoms with Gasteiger partial charge in [0.1, 0.15) is 0 Å². The molecule has 3 saturated carbocycles. The van der Waals surface area contributed by atoms with Gasteiger partial charge in [-0.3, -0.25) is 0 Å². The first-order chi connectivity index (χ1) is 14.2. The Morgan fingerprint density at radius 2 is 1.80 bits per heavy atom. The molecule has 0 bridgehead atoms. The normalized spacial score (nSPS) is 46.2. The van der Waals surface area contributed by atoms with Crippen LogP contribution in [0.3, 0.4) is 0 Å². The summed E-state index contributed by atoms with van der Waals surface area (Å²) in [6.07, 6.45) is 13.7. The Morgan fingerprint density at radius 3 is 2.53 bits per heavy atom. The monoisotopic (exact) mass is 418 g/mol. The molecule has 4 rings (SSSR count). The summed E-state index contributed by atoms with van der Waals surface area (Å²) in [7, 11) is 0. The van der Waals surface area contributed by atoms with Crippen LogP contribution < -0.4 is 0 Å². The molecule has 0 heterocycles. The summed E-state index contributed by atoms with van der Waals surface area (Å²) in [4.78, 5) is 0. The summed E-state index contributed by atoms with van der Waals surface area (Å²) in [6.45, 7) is 9.56. The van der Waals surface area contributed by atoms with Crippen molar-refractivity contribution in [3.63, 3.8) is 0 Å². The van der Waals surface area contributed by atoms with E-state index < -0.39 is 0 Å². The lowest BCUT2D eigenvalue weighted by Crippen LogP contribution is -2.50. The van der Waals surface area contributed by atoms with Gasteiger partial charge in [-0.25, -0.2) is 0 Å². The molecule has 3 heteroatoms. The van der Waals surface area contributed by atoms with Crippen molar-refractivity contribution in [3.05, 3.63) is 11.6 Å². The fourth-order valence-corrected chi connectivity index (χ4v) is 8.66. The minimum Gasteiger partial charge on any atom is -0.396 e. The maximum atomic E-state index is 10.3. The van der Waals surface area contributed by atoms with Gasteiger partial charge in [0.2, 0.25) is 0 Å². The lowest BCUT2D eigenvalue weighted by Gasteiger charge is -2.58. The second-order valence-electron chi connectivity index (χ2n) is 12.2. The highest BCUT2D eigenvalue weighted by Crippen LogP contribution is 2.67. The maximum absolute atomic E-state index is 10.3. The number of aliphatic hydroxyl groups excluding tert-OH is 3. The molecule has 0 aromatic rings. The van der Waals surface area contributed by atoms with Gasteiger partial charge in [-0.1, -0.05) is 39.3 Å². The lowest BCUT2D eigenvalue weighted by atomic mass is 9.47. The molecule has 0 saturated heterocycles. The predicted molar refractivity (Wildman–Crippen MR) is 122 cm³/mol. The minimum atomic E-state index is -0.373. The average Bonchev–Trinajstić information content (AvgIpc) is 3.09. The van der Waals surface area contributed by atoms with Crippen molar-refractivity contribution in [2.75, 3.05) is 6.61 Å². The highest BCUT2D eigenvalue weighted by Gasteiger charge is 2.59. The summed E-state index contributed by atoms with van der Waals surface area (Å²) >= 11 is 0. The topological polar surface area (TPSA) is 60.7 Å². The standard InChI is InChI=1S/C27H46O3/c1-17(5-10-25(30)18(2)16-28)22-8-9-23-21-7-6-19-15-20(29)11-13-26(19,3)24(21)12-14-27(22,23)4/h6,17-18,20-25,28-30H,5,7-16H2,1-4H3/t17-,18+,20+,21+,22-,23+,24+,25+,26+,27-/m1/s1. The van der Waals surface area contributed by atoms with Crippen molar-refractivity contribution in [2.24, 2.45) is 46.3 Å². The molecule has 3 N–H and O–H groups in total. The third-order valence-corrected chi connectivity index (χ3v) is 10.7. The van der Waals surface area contributed by atoms with Gasteiger partial charge in [0.05, 0.1) is 12.2 Å². The molecule has 0 spiro atoms. The zero-order valence-electron chi connectivity index (χ0n) is 19.8. The smallest absolute Gasteiger partial charge is 0.0587 e. The van der Waals surface area contributed by atoms with Crippen molar-refractivity contribution in [1.29, 1.82) is 0 Å². The van der Waals surface area contributed by atoms with E-state index in [9.17, 15) is 15.3 Å². The first-order valence-electron chi connectivity index (χ1n) is 12.9. The highest BCUT2D eigenvalue weighted by molar-refractivity contribution is 5.25. The molecule has 30 heavy (non-hydrogen) atoms. The van der Waals surface area contributed by atoms with E-state index in [-0.39, 0.29) is 24.7 Å². The molecule has 0 aromatic heterocycles. The van der Waals surface area contributed by atoms with Crippen LogP contribution in [0.2, 0.25) is 0 Å². The fourth-order valence-electron chi connectivity index (χ4n) is 8.66. The van der Waals surface area contributed by atoms with Gasteiger partial charge in [0.25, 0.3) is 0 Å². The van der Waals surface area contributed by atoms with Crippen molar-refractivity contribution < 1.29 is 15.3 Å². The molecule has 3 fully saturated rings. The van der Waals surface area contributed by atoms with Gasteiger partial charge < -0.3 is 15.3 Å². The third kappa shape index (κ3) is 3.71. The van der Waals surface area contributed by atoms with Crippen LogP contribution in [0.1, 0.15) is 91.9 Å². The van der Waals surface area contributed by atoms with Crippen LogP contribution in [0.25, 0.3) is 0 Å². The predicted octanol–water partition coefficient (Wildman–Crippen LogP) is 5.33. The molecule has 0 radical (unpaired) electrons. The largest absolute Gasteiger partial charge is 0.396 e. The Kier molecular flexibility index (Phi) is 6.48. The number of hydrogen-bond acceptors (Lipinski definition) is 3. The minimum absolute atomic E-state index is 0.0162. The number of aliphatic hydroxyl groups is 3. The molecule has 10 atom stereocenters. The Balaban J connectivity index is 1.46. The molecule has 0 aliphatic heterocycles. The van der Waals surface area contributed by atoms with Gasteiger partial charge in [0, 0.05) is 12.5 Å². The fraction of sp³-hybridized carbons (Fsp3) is 0.926. The molecule has 172 valence electrons. The van der Waals surface area contributed by atoms with Crippen molar-refractivity contribution in [2.45, 2.75) is 104 Å². The van der Waals surface area contributed by atoms with E-state index in [1.54, 1.807) is 5.57 Å². The first-order valence-corrected chi connectivity index (χ1v) is 12.9. The highest BCUT2D eigenvalue weighted by atomic mass is 16.3. The molecule has 4 aliphatic rings. The second kappa shape index (κ2) is 8.52. The van der Waals surface area contributed by atoms with Crippen molar-refractivity contribution in [1.82, 2.24) is 0 Å². The Labute approximate surface area is 184 Å². The second-order valence-corrected chi connectivity index (χ2v) is 12.2. The summed E-state index contributed by atoms with van der Waals surface area (Å²) in [5.41, 5.74) is 2.35. The van der Waals surface area contributed by atoms with Crippen LogP contribution in [-0.2, 0) is 0 Å². The Hall–Kier alpha value is -0.380. The quantitative estimate of drug-likeness (QED) is 0.511. The van der Waals surface area contributed by atoms with Gasteiger partial charge in [-0.05, 0) is 105 Å². The van der Waals surface area contributed by atoms with Crippen LogP contribution in [0.4, 0.5) is 0 Å². The summed E-state index contributed by atoms with van der Waals surface area (Å²) in [5.74, 6) is 3.87. The van der Waals surface area contributed by atoms with Crippen LogP contribution in [0.5, 0.6) is 0 Å². The Bertz CT molecular complexity index is 644. The molecule has 0 aromatic carbocycles. The third-order valence-electron chi connectivity index (χ3n) is 10.7.